The van der Waals surface area contributed by atoms with Crippen molar-refractivity contribution in [1.29, 1.82) is 0 Å². The number of piperazine rings is 1. The first-order chi connectivity index (χ1) is 12.6. The topological polar surface area (TPSA) is 65.9 Å². The first-order valence-corrected chi connectivity index (χ1v) is 10.6. The molecule has 1 N–H and O–H groups in total. The van der Waals surface area contributed by atoms with Crippen LogP contribution in [0, 0.1) is 5.92 Å². The van der Waals surface area contributed by atoms with Crippen molar-refractivity contribution in [3.63, 3.8) is 0 Å². The molecule has 27 heavy (non-hydrogen) atoms. The van der Waals surface area contributed by atoms with Crippen LogP contribution in [0.3, 0.4) is 0 Å². The normalized spacial score (nSPS) is 15.2. The van der Waals surface area contributed by atoms with E-state index in [2.05, 4.69) is 52.2 Å². The van der Waals surface area contributed by atoms with Crippen LogP contribution >= 0.6 is 35.5 Å². The van der Waals surface area contributed by atoms with Crippen molar-refractivity contribution < 1.29 is 4.74 Å². The average molecular weight is 510 g/mol. The SMILES string of the molecule is CCNC(=NCCCOCC(C)C)N1CCN(c2nc(CC)ns2)CC1.I. The maximum Gasteiger partial charge on any atom is 0.205 e. The largest absolute Gasteiger partial charge is 0.381 e. The number of hydrogen-bond donors (Lipinski definition) is 1. The summed E-state index contributed by atoms with van der Waals surface area (Å²) in [6.07, 6.45) is 1.86. The van der Waals surface area contributed by atoms with Crippen molar-refractivity contribution in [1.82, 2.24) is 19.6 Å². The minimum Gasteiger partial charge on any atom is -0.381 e. The van der Waals surface area contributed by atoms with Gasteiger partial charge >= 0.3 is 0 Å². The van der Waals surface area contributed by atoms with Gasteiger partial charge in [-0.3, -0.25) is 4.99 Å². The van der Waals surface area contributed by atoms with Crippen LogP contribution in [0.2, 0.25) is 0 Å². The average Bonchev–Trinajstić information content (AvgIpc) is 3.13. The standard InChI is InChI=1S/C18H34N6OS.HI/c1-5-16-21-18(26-22-16)24-11-9-23(10-12-24)17(19-6-2)20-8-7-13-25-14-15(3)4;/h15H,5-14H2,1-4H3,(H,19,20);1H. The van der Waals surface area contributed by atoms with E-state index in [1.807, 2.05) is 0 Å². The molecule has 1 aromatic heterocycles. The van der Waals surface area contributed by atoms with E-state index < -0.39 is 0 Å². The van der Waals surface area contributed by atoms with Crippen LogP contribution < -0.4 is 10.2 Å². The fraction of sp³-hybridized carbons (Fsp3) is 0.833. The molecule has 0 spiro atoms. The van der Waals surface area contributed by atoms with Crippen LogP contribution in [-0.2, 0) is 11.2 Å². The third-order valence-electron chi connectivity index (χ3n) is 4.12. The van der Waals surface area contributed by atoms with E-state index in [1.165, 1.54) is 11.5 Å². The van der Waals surface area contributed by atoms with E-state index in [0.717, 1.165) is 82.2 Å². The molecule has 0 aliphatic carbocycles. The Bertz CT molecular complexity index is 546. The van der Waals surface area contributed by atoms with Gasteiger partial charge in [0.2, 0.25) is 5.13 Å². The third kappa shape index (κ3) is 8.47. The molecule has 2 rings (SSSR count). The highest BCUT2D eigenvalue weighted by Crippen LogP contribution is 2.19. The summed E-state index contributed by atoms with van der Waals surface area (Å²) in [7, 11) is 0. The van der Waals surface area contributed by atoms with Gasteiger partial charge in [0.25, 0.3) is 0 Å². The lowest BCUT2D eigenvalue weighted by Crippen LogP contribution is -2.52. The zero-order valence-corrected chi connectivity index (χ0v) is 20.3. The van der Waals surface area contributed by atoms with E-state index in [9.17, 15) is 0 Å². The van der Waals surface area contributed by atoms with E-state index in [0.29, 0.717) is 5.92 Å². The molecular formula is C18H35IN6OS. The highest BCUT2D eigenvalue weighted by atomic mass is 127. The molecule has 0 amide bonds. The first kappa shape index (κ1) is 24.4. The van der Waals surface area contributed by atoms with Crippen LogP contribution in [0.25, 0.3) is 0 Å². The molecule has 1 saturated heterocycles. The van der Waals surface area contributed by atoms with Crippen molar-refractivity contribution >= 4 is 46.6 Å². The van der Waals surface area contributed by atoms with E-state index in [1.54, 1.807) is 0 Å². The van der Waals surface area contributed by atoms with Crippen molar-refractivity contribution in [2.75, 3.05) is 57.4 Å². The number of aryl methyl sites for hydroxylation is 1. The molecule has 1 aromatic rings. The molecular weight excluding hydrogens is 475 g/mol. The number of hydrogen-bond acceptors (Lipinski definition) is 6. The number of nitrogens with one attached hydrogen (secondary N) is 1. The smallest absolute Gasteiger partial charge is 0.205 e. The lowest BCUT2D eigenvalue weighted by molar-refractivity contribution is 0.109. The Labute approximate surface area is 185 Å². The molecule has 0 aromatic carbocycles. The van der Waals surface area contributed by atoms with Crippen molar-refractivity contribution in [3.8, 4) is 0 Å². The summed E-state index contributed by atoms with van der Waals surface area (Å²) in [6.45, 7) is 15.7. The molecule has 0 saturated carbocycles. The van der Waals surface area contributed by atoms with Gasteiger partial charge in [0.05, 0.1) is 0 Å². The number of anilines is 1. The molecule has 156 valence electrons. The molecule has 0 atom stereocenters. The van der Waals surface area contributed by atoms with Gasteiger partial charge in [0.1, 0.15) is 5.82 Å². The van der Waals surface area contributed by atoms with Gasteiger partial charge in [-0.15, -0.1) is 24.0 Å². The van der Waals surface area contributed by atoms with Gasteiger partial charge in [-0.25, -0.2) is 4.98 Å². The van der Waals surface area contributed by atoms with Gasteiger partial charge in [0.15, 0.2) is 5.96 Å². The van der Waals surface area contributed by atoms with Crippen LogP contribution in [-0.4, -0.2) is 72.7 Å². The maximum atomic E-state index is 5.63. The zero-order chi connectivity index (χ0) is 18.8. The van der Waals surface area contributed by atoms with Gasteiger partial charge in [-0.1, -0.05) is 20.8 Å². The van der Waals surface area contributed by atoms with Crippen molar-refractivity contribution in [2.24, 2.45) is 10.9 Å². The zero-order valence-electron chi connectivity index (χ0n) is 17.1. The molecule has 1 fully saturated rings. The van der Waals surface area contributed by atoms with Gasteiger partial charge < -0.3 is 19.9 Å². The summed E-state index contributed by atoms with van der Waals surface area (Å²) in [6, 6.07) is 0. The van der Waals surface area contributed by atoms with Crippen molar-refractivity contribution in [2.45, 2.75) is 40.5 Å². The fourth-order valence-corrected chi connectivity index (χ4v) is 3.52. The van der Waals surface area contributed by atoms with Crippen LogP contribution in [0.1, 0.15) is 39.9 Å². The molecule has 7 nitrogen and oxygen atoms in total. The van der Waals surface area contributed by atoms with Crippen molar-refractivity contribution in [3.05, 3.63) is 5.82 Å². The molecule has 0 radical (unpaired) electrons. The summed E-state index contributed by atoms with van der Waals surface area (Å²) in [5, 5.41) is 4.47. The Kier molecular flexibility index (Phi) is 12.2. The first-order valence-electron chi connectivity index (χ1n) is 9.82. The molecule has 0 unspecified atom stereocenters. The second-order valence-corrected chi connectivity index (χ2v) is 7.61. The summed E-state index contributed by atoms with van der Waals surface area (Å²) < 4.78 is 10.0. The highest BCUT2D eigenvalue weighted by Gasteiger charge is 2.21. The molecule has 0 bridgehead atoms. The second-order valence-electron chi connectivity index (χ2n) is 6.88. The minimum atomic E-state index is 0. The van der Waals surface area contributed by atoms with Crippen LogP contribution in [0.5, 0.6) is 0 Å². The number of halogens is 1. The summed E-state index contributed by atoms with van der Waals surface area (Å²) in [4.78, 5) is 14.1. The Morgan fingerprint density at radius 1 is 1.26 bits per heavy atom. The fourth-order valence-electron chi connectivity index (χ4n) is 2.72. The number of ether oxygens (including phenoxy) is 1. The highest BCUT2D eigenvalue weighted by molar-refractivity contribution is 14.0. The Morgan fingerprint density at radius 2 is 2.00 bits per heavy atom. The predicted octanol–water partition coefficient (Wildman–Crippen LogP) is 2.87. The van der Waals surface area contributed by atoms with E-state index in [-0.39, 0.29) is 24.0 Å². The number of aromatic nitrogens is 2. The Hall–Kier alpha value is -0.680. The van der Waals surface area contributed by atoms with Gasteiger partial charge in [-0.2, -0.15) is 4.37 Å². The van der Waals surface area contributed by atoms with Gasteiger partial charge in [0, 0.05) is 70.4 Å². The Morgan fingerprint density at radius 3 is 2.59 bits per heavy atom. The lowest BCUT2D eigenvalue weighted by atomic mass is 10.2. The quantitative estimate of drug-likeness (QED) is 0.239. The Balaban J connectivity index is 0.00000364. The van der Waals surface area contributed by atoms with Crippen LogP contribution in [0.4, 0.5) is 5.13 Å². The lowest BCUT2D eigenvalue weighted by Gasteiger charge is -2.36. The summed E-state index contributed by atoms with van der Waals surface area (Å²) >= 11 is 1.51. The third-order valence-corrected chi connectivity index (χ3v) is 4.93. The monoisotopic (exact) mass is 510 g/mol. The van der Waals surface area contributed by atoms with E-state index >= 15 is 0 Å². The molecule has 1 aliphatic rings. The number of guanidine groups is 1. The maximum absolute atomic E-state index is 5.63. The molecule has 1 aliphatic heterocycles. The number of rotatable bonds is 9. The summed E-state index contributed by atoms with van der Waals surface area (Å²) in [5.41, 5.74) is 0. The summed E-state index contributed by atoms with van der Waals surface area (Å²) in [5.74, 6) is 2.55. The van der Waals surface area contributed by atoms with Gasteiger partial charge in [-0.05, 0) is 19.3 Å². The predicted molar refractivity (Wildman–Crippen MR) is 125 cm³/mol. The second kappa shape index (κ2) is 13.5. The van der Waals surface area contributed by atoms with Crippen LogP contribution in [0.15, 0.2) is 4.99 Å². The number of aliphatic imine (C=N–C) groups is 1. The molecule has 2 heterocycles. The number of nitrogens with zero attached hydrogens (tertiary/aromatic N) is 5. The minimum absolute atomic E-state index is 0. The van der Waals surface area contributed by atoms with E-state index in [4.69, 9.17) is 9.73 Å². The molecule has 9 heteroatoms.